The minimum atomic E-state index is -4.85. The Kier molecular flexibility index (Phi) is 3.43. The number of nitrogen functional groups attached to an aromatic ring is 1. The maximum Gasteiger partial charge on any atom is 0.573 e. The molecule has 0 aromatic heterocycles. The molecule has 2 nitrogen and oxygen atoms in total. The number of alkyl halides is 4. The van der Waals surface area contributed by atoms with E-state index >= 15 is 0 Å². The molecular weight excluding hydrogens is 282 g/mol. The predicted molar refractivity (Wildman–Crippen MR) is 50.1 cm³/mol. The molecule has 0 unspecified atom stereocenters. The van der Waals surface area contributed by atoms with Crippen molar-refractivity contribution in [2.75, 3.05) is 5.73 Å². The monoisotopic (exact) mass is 287 g/mol. The number of halogens is 5. The van der Waals surface area contributed by atoms with Gasteiger partial charge in [0, 0.05) is 28.7 Å². The molecule has 0 aliphatic rings. The summed E-state index contributed by atoms with van der Waals surface area (Å²) in [5, 5.41) is 0.122. The van der Waals surface area contributed by atoms with Gasteiger partial charge >= 0.3 is 6.36 Å². The molecule has 0 aliphatic heterocycles. The number of ether oxygens (including phenoxy) is 1. The molecule has 0 heterocycles. The normalized spacial score (nSPS) is 11.5. The highest BCUT2D eigenvalue weighted by Crippen LogP contribution is 2.29. The molecule has 0 radical (unpaired) electrons. The van der Waals surface area contributed by atoms with E-state index < -0.39 is 17.9 Å². The fourth-order valence-electron chi connectivity index (χ4n) is 0.965. The summed E-state index contributed by atoms with van der Waals surface area (Å²) in [5.74, 6) is -1.51. The summed E-state index contributed by atoms with van der Waals surface area (Å²) < 4.78 is 52.0. The average Bonchev–Trinajstić information content (AvgIpc) is 1.99. The summed E-state index contributed by atoms with van der Waals surface area (Å²) in [7, 11) is 0. The van der Waals surface area contributed by atoms with Gasteiger partial charge in [-0.25, -0.2) is 4.39 Å². The van der Waals surface area contributed by atoms with Crippen LogP contribution in [0.15, 0.2) is 12.1 Å². The van der Waals surface area contributed by atoms with Crippen molar-refractivity contribution in [3.8, 4) is 5.75 Å². The molecule has 0 saturated carbocycles. The Morgan fingerprint density at radius 3 is 2.33 bits per heavy atom. The van der Waals surface area contributed by atoms with Crippen molar-refractivity contribution in [3.05, 3.63) is 23.5 Å². The zero-order valence-electron chi connectivity index (χ0n) is 7.24. The molecule has 1 aromatic carbocycles. The Labute approximate surface area is 91.1 Å². The van der Waals surface area contributed by atoms with Gasteiger partial charge in [-0.2, -0.15) is 0 Å². The van der Waals surface area contributed by atoms with E-state index in [2.05, 4.69) is 20.7 Å². The smallest absolute Gasteiger partial charge is 0.406 e. The van der Waals surface area contributed by atoms with Crippen molar-refractivity contribution in [3.63, 3.8) is 0 Å². The number of benzene rings is 1. The molecule has 1 aromatic rings. The van der Waals surface area contributed by atoms with E-state index in [0.717, 1.165) is 6.07 Å². The SMILES string of the molecule is Nc1cc(OC(F)(F)F)cc(F)c1CBr. The molecule has 2 N–H and O–H groups in total. The second kappa shape index (κ2) is 4.26. The first-order valence-corrected chi connectivity index (χ1v) is 4.85. The van der Waals surface area contributed by atoms with Gasteiger partial charge in [0.2, 0.25) is 0 Å². The molecule has 0 aliphatic carbocycles. The van der Waals surface area contributed by atoms with Gasteiger partial charge in [-0.1, -0.05) is 15.9 Å². The number of hydrogen-bond donors (Lipinski definition) is 1. The van der Waals surface area contributed by atoms with Crippen LogP contribution in [0.2, 0.25) is 0 Å². The lowest BCUT2D eigenvalue weighted by atomic mass is 10.2. The number of anilines is 1. The van der Waals surface area contributed by atoms with Gasteiger partial charge in [0.25, 0.3) is 0 Å². The highest BCUT2D eigenvalue weighted by Gasteiger charge is 2.31. The lowest BCUT2D eigenvalue weighted by molar-refractivity contribution is -0.274. The van der Waals surface area contributed by atoms with Crippen LogP contribution in [-0.4, -0.2) is 6.36 Å². The third-order valence-corrected chi connectivity index (χ3v) is 2.13. The zero-order chi connectivity index (χ0) is 11.6. The van der Waals surface area contributed by atoms with E-state index in [9.17, 15) is 17.6 Å². The summed E-state index contributed by atoms with van der Waals surface area (Å²) >= 11 is 2.96. The zero-order valence-corrected chi connectivity index (χ0v) is 8.82. The summed E-state index contributed by atoms with van der Waals surface area (Å²) in [6.45, 7) is 0. The van der Waals surface area contributed by atoms with E-state index in [-0.39, 0.29) is 16.6 Å². The van der Waals surface area contributed by atoms with Crippen molar-refractivity contribution < 1.29 is 22.3 Å². The van der Waals surface area contributed by atoms with Gasteiger partial charge in [0.1, 0.15) is 11.6 Å². The first-order valence-electron chi connectivity index (χ1n) is 3.73. The third kappa shape index (κ3) is 3.26. The lowest BCUT2D eigenvalue weighted by Gasteiger charge is -2.11. The van der Waals surface area contributed by atoms with Crippen molar-refractivity contribution in [1.29, 1.82) is 0 Å². The predicted octanol–water partition coefficient (Wildman–Crippen LogP) is 3.20. The molecule has 7 heteroatoms. The average molecular weight is 288 g/mol. The van der Waals surface area contributed by atoms with Crippen molar-refractivity contribution >= 4 is 21.6 Å². The molecule has 15 heavy (non-hydrogen) atoms. The lowest BCUT2D eigenvalue weighted by Crippen LogP contribution is -2.17. The van der Waals surface area contributed by atoms with Crippen molar-refractivity contribution in [2.24, 2.45) is 0 Å². The Hall–Kier alpha value is -0.980. The highest BCUT2D eigenvalue weighted by atomic mass is 79.9. The van der Waals surface area contributed by atoms with Gasteiger partial charge in [-0.3, -0.25) is 0 Å². The third-order valence-electron chi connectivity index (χ3n) is 1.57. The minimum Gasteiger partial charge on any atom is -0.406 e. The largest absolute Gasteiger partial charge is 0.573 e. The standard InChI is InChI=1S/C8H6BrF4NO/c9-3-5-6(10)1-4(2-7(5)14)15-8(11,12)13/h1-2H,3,14H2. The molecule has 0 fully saturated rings. The number of nitrogens with two attached hydrogens (primary N) is 1. The maximum absolute atomic E-state index is 13.1. The second-order valence-corrected chi connectivity index (χ2v) is 3.22. The Morgan fingerprint density at radius 2 is 1.93 bits per heavy atom. The number of rotatable bonds is 2. The van der Waals surface area contributed by atoms with Gasteiger partial charge in [0.15, 0.2) is 0 Å². The van der Waals surface area contributed by atoms with Gasteiger partial charge in [-0.05, 0) is 0 Å². The second-order valence-electron chi connectivity index (χ2n) is 2.65. The number of hydrogen-bond acceptors (Lipinski definition) is 2. The molecule has 0 saturated heterocycles. The van der Waals surface area contributed by atoms with Crippen LogP contribution in [0, 0.1) is 5.82 Å². The van der Waals surface area contributed by atoms with Crippen LogP contribution in [0.25, 0.3) is 0 Å². The first-order chi connectivity index (χ1) is 6.83. The summed E-state index contributed by atoms with van der Waals surface area (Å²) in [6, 6.07) is 1.56. The molecule has 0 bridgehead atoms. The molecule has 0 amide bonds. The molecule has 1 rings (SSSR count). The molecular formula is C8H6BrF4NO. The maximum atomic E-state index is 13.1. The van der Waals surface area contributed by atoms with Gasteiger partial charge < -0.3 is 10.5 Å². The van der Waals surface area contributed by atoms with Crippen molar-refractivity contribution in [2.45, 2.75) is 11.7 Å². The minimum absolute atomic E-state index is 0.0916. The van der Waals surface area contributed by atoms with E-state index in [1.54, 1.807) is 0 Å². The van der Waals surface area contributed by atoms with Crippen molar-refractivity contribution in [1.82, 2.24) is 0 Å². The van der Waals surface area contributed by atoms with E-state index in [0.29, 0.717) is 6.07 Å². The van der Waals surface area contributed by atoms with Gasteiger partial charge in [-0.15, -0.1) is 13.2 Å². The van der Waals surface area contributed by atoms with E-state index in [4.69, 9.17) is 5.73 Å². The highest BCUT2D eigenvalue weighted by molar-refractivity contribution is 9.08. The van der Waals surface area contributed by atoms with E-state index in [1.165, 1.54) is 0 Å². The molecule has 84 valence electrons. The molecule has 0 atom stereocenters. The van der Waals surface area contributed by atoms with Gasteiger partial charge in [0.05, 0.1) is 0 Å². The quantitative estimate of drug-likeness (QED) is 0.515. The Bertz CT molecular complexity index is 343. The fraction of sp³-hybridized carbons (Fsp3) is 0.250. The summed E-state index contributed by atoms with van der Waals surface area (Å²) in [5.41, 5.74) is 5.34. The van der Waals surface area contributed by atoms with E-state index in [1.807, 2.05) is 0 Å². The fourth-order valence-corrected chi connectivity index (χ4v) is 1.56. The van der Waals surface area contributed by atoms with Crippen LogP contribution >= 0.6 is 15.9 Å². The van der Waals surface area contributed by atoms with Crippen LogP contribution in [0.3, 0.4) is 0 Å². The summed E-state index contributed by atoms with van der Waals surface area (Å²) in [6.07, 6.45) is -4.85. The van der Waals surface area contributed by atoms with Crippen LogP contribution in [0.4, 0.5) is 23.2 Å². The summed E-state index contributed by atoms with van der Waals surface area (Å²) in [4.78, 5) is 0. The topological polar surface area (TPSA) is 35.2 Å². The first kappa shape index (κ1) is 12.1. The van der Waals surface area contributed by atoms with Crippen LogP contribution in [0.1, 0.15) is 5.56 Å². The van der Waals surface area contributed by atoms with Crippen LogP contribution in [-0.2, 0) is 5.33 Å². The van der Waals surface area contributed by atoms with Crippen LogP contribution in [0.5, 0.6) is 5.75 Å². The molecule has 0 spiro atoms. The van der Waals surface area contributed by atoms with Crippen LogP contribution < -0.4 is 10.5 Å². The Morgan fingerprint density at radius 1 is 1.33 bits per heavy atom. The Balaban J connectivity index is 3.04.